The van der Waals surface area contributed by atoms with Gasteiger partial charge >= 0.3 is 0 Å². The Labute approximate surface area is 135 Å². The van der Waals surface area contributed by atoms with Gasteiger partial charge in [-0.15, -0.1) is 0 Å². The van der Waals surface area contributed by atoms with Crippen LogP contribution in [0.2, 0.25) is 0 Å². The molecule has 1 heterocycles. The minimum Gasteiger partial charge on any atom is -0.491 e. The molecule has 1 aliphatic rings. The first-order valence-electron chi connectivity index (χ1n) is 8.72. The highest BCUT2D eigenvalue weighted by Crippen LogP contribution is 2.28. The number of para-hydroxylation sites is 1. The van der Waals surface area contributed by atoms with Crippen LogP contribution in [0, 0.1) is 5.92 Å². The summed E-state index contributed by atoms with van der Waals surface area (Å²) in [4.78, 5) is 2.36. The third-order valence-corrected chi connectivity index (χ3v) is 4.70. The fourth-order valence-electron chi connectivity index (χ4n) is 3.23. The molecule has 0 saturated carbocycles. The Bertz CT molecular complexity index is 449. The summed E-state index contributed by atoms with van der Waals surface area (Å²) in [5, 5.41) is 10.3. The van der Waals surface area contributed by atoms with Crippen LogP contribution in [0.15, 0.2) is 24.3 Å². The topological polar surface area (TPSA) is 32.7 Å². The monoisotopic (exact) mass is 305 g/mol. The number of aliphatic hydroxyl groups excluding tert-OH is 1. The van der Waals surface area contributed by atoms with E-state index in [-0.39, 0.29) is 0 Å². The fraction of sp³-hybridized carbons (Fsp3) is 0.684. The molecule has 1 saturated heterocycles. The molecule has 0 amide bonds. The van der Waals surface area contributed by atoms with Crippen molar-refractivity contribution in [2.45, 2.75) is 52.1 Å². The number of benzene rings is 1. The van der Waals surface area contributed by atoms with Crippen LogP contribution in [-0.2, 0) is 0 Å². The maximum absolute atomic E-state index is 10.3. The number of nitrogens with zero attached hydrogens (tertiary/aromatic N) is 1. The highest BCUT2D eigenvalue weighted by molar-refractivity contribution is 5.35. The van der Waals surface area contributed by atoms with Crippen molar-refractivity contribution in [1.29, 1.82) is 0 Å². The number of rotatable bonds is 7. The van der Waals surface area contributed by atoms with Crippen molar-refractivity contribution in [2.75, 3.05) is 26.2 Å². The minimum absolute atomic E-state index is 0.373. The molecule has 1 aromatic rings. The van der Waals surface area contributed by atoms with Crippen molar-refractivity contribution in [1.82, 2.24) is 4.90 Å². The van der Waals surface area contributed by atoms with Gasteiger partial charge in [0.15, 0.2) is 0 Å². The summed E-state index contributed by atoms with van der Waals surface area (Å²) in [5.41, 5.74) is 1.24. The first-order valence-corrected chi connectivity index (χ1v) is 8.72. The first-order chi connectivity index (χ1) is 10.6. The highest BCUT2D eigenvalue weighted by Gasteiger charge is 2.19. The maximum Gasteiger partial charge on any atom is 0.122 e. The van der Waals surface area contributed by atoms with Crippen LogP contribution in [0.1, 0.15) is 51.5 Å². The summed E-state index contributed by atoms with van der Waals surface area (Å²) in [6.07, 6.45) is 3.22. The van der Waals surface area contributed by atoms with Gasteiger partial charge in [-0.05, 0) is 49.3 Å². The van der Waals surface area contributed by atoms with E-state index < -0.39 is 6.10 Å². The average molecular weight is 305 g/mol. The van der Waals surface area contributed by atoms with E-state index in [9.17, 15) is 5.11 Å². The zero-order valence-corrected chi connectivity index (χ0v) is 14.3. The molecule has 0 radical (unpaired) electrons. The Kier molecular flexibility index (Phi) is 6.71. The smallest absolute Gasteiger partial charge is 0.122 e. The van der Waals surface area contributed by atoms with Crippen molar-refractivity contribution < 1.29 is 9.84 Å². The van der Waals surface area contributed by atoms with Crippen LogP contribution in [0.3, 0.4) is 0 Å². The van der Waals surface area contributed by atoms with Crippen LogP contribution in [0.5, 0.6) is 5.75 Å². The Balaban J connectivity index is 1.84. The fourth-order valence-corrected chi connectivity index (χ4v) is 3.23. The van der Waals surface area contributed by atoms with E-state index in [0.29, 0.717) is 12.5 Å². The molecule has 0 unspecified atom stereocenters. The zero-order chi connectivity index (χ0) is 15.9. The summed E-state index contributed by atoms with van der Waals surface area (Å²) < 4.78 is 5.91. The SMILES string of the molecule is CC[C@@H](C)c1ccccc1OC[C@@H](O)CN1CCC[C@H](C)C1. The normalized spacial score (nSPS) is 22.3. The van der Waals surface area contributed by atoms with Gasteiger partial charge in [-0.3, -0.25) is 0 Å². The number of likely N-dealkylation sites (tertiary alicyclic amines) is 1. The lowest BCUT2D eigenvalue weighted by molar-refractivity contribution is 0.0534. The van der Waals surface area contributed by atoms with Crippen LogP contribution in [0.4, 0.5) is 0 Å². The van der Waals surface area contributed by atoms with Crippen LogP contribution in [-0.4, -0.2) is 42.4 Å². The average Bonchev–Trinajstić information content (AvgIpc) is 2.52. The summed E-state index contributed by atoms with van der Waals surface area (Å²) >= 11 is 0. The van der Waals surface area contributed by atoms with Gasteiger partial charge in [-0.1, -0.05) is 39.0 Å². The lowest BCUT2D eigenvalue weighted by Crippen LogP contribution is -2.41. The van der Waals surface area contributed by atoms with E-state index in [1.807, 2.05) is 12.1 Å². The number of β-amino-alcohol motifs (C(OH)–C–C–N with tert-alkyl or cyclic N) is 1. The molecule has 0 bridgehead atoms. The van der Waals surface area contributed by atoms with Gasteiger partial charge < -0.3 is 14.7 Å². The number of ether oxygens (including phenoxy) is 1. The second kappa shape index (κ2) is 8.54. The molecule has 1 fully saturated rings. The summed E-state index contributed by atoms with van der Waals surface area (Å²) in [6.45, 7) is 9.98. The van der Waals surface area contributed by atoms with Crippen molar-refractivity contribution >= 4 is 0 Å². The molecule has 0 aromatic heterocycles. The third kappa shape index (κ3) is 4.99. The predicted octanol–water partition coefficient (Wildman–Crippen LogP) is 3.67. The Hall–Kier alpha value is -1.06. The van der Waals surface area contributed by atoms with Gasteiger partial charge in [-0.25, -0.2) is 0 Å². The summed E-state index contributed by atoms with van der Waals surface area (Å²) in [5.74, 6) is 2.15. The van der Waals surface area contributed by atoms with Gasteiger partial charge in [0.1, 0.15) is 18.5 Å². The second-order valence-corrected chi connectivity index (χ2v) is 6.82. The summed E-state index contributed by atoms with van der Waals surface area (Å²) in [7, 11) is 0. The molecule has 0 aliphatic carbocycles. The molecule has 1 aromatic carbocycles. The van der Waals surface area contributed by atoms with Gasteiger partial charge in [0.25, 0.3) is 0 Å². The van der Waals surface area contributed by atoms with Crippen molar-refractivity contribution in [3.8, 4) is 5.75 Å². The summed E-state index contributed by atoms with van der Waals surface area (Å²) in [6, 6.07) is 8.19. The first kappa shape index (κ1) is 17.3. The maximum atomic E-state index is 10.3. The van der Waals surface area contributed by atoms with E-state index in [4.69, 9.17) is 4.74 Å². The molecule has 3 heteroatoms. The Morgan fingerprint density at radius 2 is 2.14 bits per heavy atom. The Morgan fingerprint density at radius 3 is 2.86 bits per heavy atom. The van der Waals surface area contributed by atoms with Crippen LogP contribution >= 0.6 is 0 Å². The van der Waals surface area contributed by atoms with Crippen LogP contribution in [0.25, 0.3) is 0 Å². The molecule has 3 atom stereocenters. The molecule has 1 aliphatic heterocycles. The van der Waals surface area contributed by atoms with Crippen molar-refractivity contribution in [3.63, 3.8) is 0 Å². The number of aliphatic hydroxyl groups is 1. The van der Waals surface area contributed by atoms with E-state index >= 15 is 0 Å². The molecule has 3 nitrogen and oxygen atoms in total. The molecule has 2 rings (SSSR count). The van der Waals surface area contributed by atoms with Gasteiger partial charge in [0.2, 0.25) is 0 Å². The van der Waals surface area contributed by atoms with E-state index in [1.165, 1.54) is 18.4 Å². The quantitative estimate of drug-likeness (QED) is 0.834. The van der Waals surface area contributed by atoms with Gasteiger partial charge in [0, 0.05) is 13.1 Å². The largest absolute Gasteiger partial charge is 0.491 e. The molecule has 1 N–H and O–H groups in total. The number of piperidine rings is 1. The Morgan fingerprint density at radius 1 is 1.36 bits per heavy atom. The zero-order valence-electron chi connectivity index (χ0n) is 14.3. The number of hydrogen-bond acceptors (Lipinski definition) is 3. The van der Waals surface area contributed by atoms with E-state index in [2.05, 4.69) is 37.8 Å². The molecule has 0 spiro atoms. The molecular formula is C19H31NO2. The second-order valence-electron chi connectivity index (χ2n) is 6.82. The van der Waals surface area contributed by atoms with Crippen molar-refractivity contribution in [2.24, 2.45) is 5.92 Å². The van der Waals surface area contributed by atoms with Crippen molar-refractivity contribution in [3.05, 3.63) is 29.8 Å². The standard InChI is InChI=1S/C19H31NO2/c1-4-16(3)18-9-5-6-10-19(18)22-14-17(21)13-20-11-7-8-15(2)12-20/h5-6,9-10,15-17,21H,4,7-8,11-14H2,1-3H3/t15-,16+,17-/m0/s1. The molecule has 22 heavy (non-hydrogen) atoms. The van der Waals surface area contributed by atoms with Gasteiger partial charge in [0.05, 0.1) is 0 Å². The molecule has 124 valence electrons. The van der Waals surface area contributed by atoms with Crippen LogP contribution < -0.4 is 4.74 Å². The minimum atomic E-state index is -0.421. The number of hydrogen-bond donors (Lipinski definition) is 1. The highest BCUT2D eigenvalue weighted by atomic mass is 16.5. The van der Waals surface area contributed by atoms with Gasteiger partial charge in [-0.2, -0.15) is 0 Å². The van der Waals surface area contributed by atoms with E-state index in [0.717, 1.165) is 37.7 Å². The molecular weight excluding hydrogens is 274 g/mol. The predicted molar refractivity (Wildman–Crippen MR) is 91.5 cm³/mol. The third-order valence-electron chi connectivity index (χ3n) is 4.70. The lowest BCUT2D eigenvalue weighted by Gasteiger charge is -2.32. The van der Waals surface area contributed by atoms with E-state index in [1.54, 1.807) is 0 Å². The lowest BCUT2D eigenvalue weighted by atomic mass is 9.98.